The van der Waals surface area contributed by atoms with E-state index in [-0.39, 0.29) is 5.91 Å². The van der Waals surface area contributed by atoms with Crippen LogP contribution in [0.15, 0.2) is 24.3 Å². The third-order valence-corrected chi connectivity index (χ3v) is 4.74. The van der Waals surface area contributed by atoms with Gasteiger partial charge in [-0.15, -0.1) is 0 Å². The Morgan fingerprint density at radius 2 is 1.76 bits per heavy atom. The quantitative estimate of drug-likeness (QED) is 0.845. The van der Waals surface area contributed by atoms with Crippen molar-refractivity contribution in [1.82, 2.24) is 5.32 Å². The van der Waals surface area contributed by atoms with Crippen molar-refractivity contribution < 1.29 is 4.79 Å². The van der Waals surface area contributed by atoms with Crippen molar-refractivity contribution in [3.63, 3.8) is 0 Å². The molecule has 1 amide bonds. The van der Waals surface area contributed by atoms with Crippen molar-refractivity contribution >= 4 is 5.91 Å². The predicted octanol–water partition coefficient (Wildman–Crippen LogP) is 3.13. The molecule has 1 aromatic rings. The van der Waals surface area contributed by atoms with E-state index >= 15 is 0 Å². The fourth-order valence-corrected chi connectivity index (χ4v) is 3.17. The lowest BCUT2D eigenvalue weighted by atomic mass is 9.81. The fraction of sp³-hybridized carbons (Fsp3) is 0.611. The van der Waals surface area contributed by atoms with Crippen LogP contribution in [0.5, 0.6) is 0 Å². The number of nitrogens with one attached hydrogen (secondary N) is 1. The van der Waals surface area contributed by atoms with Crippen LogP contribution in [0.1, 0.15) is 54.9 Å². The molecule has 3 nitrogen and oxygen atoms in total. The molecule has 0 unspecified atom stereocenters. The van der Waals surface area contributed by atoms with Crippen LogP contribution in [-0.4, -0.2) is 19.0 Å². The lowest BCUT2D eigenvalue weighted by molar-refractivity contribution is 0.0941. The lowest BCUT2D eigenvalue weighted by Crippen LogP contribution is -2.31. The Morgan fingerprint density at radius 1 is 1.14 bits per heavy atom. The third kappa shape index (κ3) is 4.85. The Labute approximate surface area is 128 Å². The van der Waals surface area contributed by atoms with Crippen LogP contribution < -0.4 is 11.1 Å². The number of nitrogens with two attached hydrogens (primary N) is 1. The topological polar surface area (TPSA) is 55.1 Å². The normalized spacial score (nSPS) is 22.0. The van der Waals surface area contributed by atoms with E-state index in [0.717, 1.165) is 24.4 Å². The average Bonchev–Trinajstić information content (AvgIpc) is 2.54. The van der Waals surface area contributed by atoms with E-state index in [1.165, 1.54) is 37.7 Å². The monoisotopic (exact) mass is 288 g/mol. The number of benzene rings is 1. The van der Waals surface area contributed by atoms with Gasteiger partial charge in [0, 0.05) is 12.1 Å². The van der Waals surface area contributed by atoms with Crippen LogP contribution in [0, 0.1) is 11.8 Å². The fourth-order valence-electron chi connectivity index (χ4n) is 3.17. The van der Waals surface area contributed by atoms with Crippen molar-refractivity contribution in [2.75, 3.05) is 13.1 Å². The van der Waals surface area contributed by atoms with Crippen LogP contribution in [0.4, 0.5) is 0 Å². The van der Waals surface area contributed by atoms with Gasteiger partial charge < -0.3 is 11.1 Å². The van der Waals surface area contributed by atoms with Gasteiger partial charge >= 0.3 is 0 Å². The molecule has 3 N–H and O–H groups in total. The molecule has 0 heterocycles. The third-order valence-electron chi connectivity index (χ3n) is 4.74. The van der Waals surface area contributed by atoms with Crippen molar-refractivity contribution in [2.45, 2.75) is 45.4 Å². The molecule has 2 rings (SSSR count). The first-order valence-corrected chi connectivity index (χ1v) is 8.30. The zero-order valence-electron chi connectivity index (χ0n) is 13.1. The first kappa shape index (κ1) is 16.0. The molecule has 0 aromatic heterocycles. The second-order valence-corrected chi connectivity index (χ2v) is 6.24. The summed E-state index contributed by atoms with van der Waals surface area (Å²) in [7, 11) is 0. The highest BCUT2D eigenvalue weighted by molar-refractivity contribution is 5.94. The summed E-state index contributed by atoms with van der Waals surface area (Å²) in [6.07, 6.45) is 7.33. The maximum Gasteiger partial charge on any atom is 0.251 e. The molecule has 1 aromatic carbocycles. The highest BCUT2D eigenvalue weighted by Gasteiger charge is 2.20. The van der Waals surface area contributed by atoms with E-state index in [0.29, 0.717) is 12.5 Å². The summed E-state index contributed by atoms with van der Waals surface area (Å²) in [5.74, 6) is 1.62. The Hall–Kier alpha value is -1.35. The molecule has 0 spiro atoms. The van der Waals surface area contributed by atoms with Crippen LogP contribution >= 0.6 is 0 Å². The minimum absolute atomic E-state index is 0.0481. The number of hydrogen-bond acceptors (Lipinski definition) is 2. The molecule has 0 bridgehead atoms. The highest BCUT2D eigenvalue weighted by atomic mass is 16.1. The molecular formula is C18H28N2O. The Balaban J connectivity index is 1.76. The zero-order valence-corrected chi connectivity index (χ0v) is 13.1. The standard InChI is InChI=1S/C18H28N2O/c1-2-14-3-5-16(6-4-14)13-20-18(21)17-9-7-15(8-10-17)11-12-19/h7-10,14,16H,2-6,11-13,19H2,1H3,(H,20,21). The van der Waals surface area contributed by atoms with Gasteiger partial charge in [-0.2, -0.15) is 0 Å². The van der Waals surface area contributed by atoms with E-state index in [1.807, 2.05) is 24.3 Å². The smallest absolute Gasteiger partial charge is 0.251 e. The molecule has 0 radical (unpaired) electrons. The minimum atomic E-state index is 0.0481. The summed E-state index contributed by atoms with van der Waals surface area (Å²) in [6, 6.07) is 7.78. The first-order chi connectivity index (χ1) is 10.2. The van der Waals surface area contributed by atoms with Gasteiger partial charge in [0.2, 0.25) is 0 Å². The molecular weight excluding hydrogens is 260 g/mol. The molecule has 1 fully saturated rings. The summed E-state index contributed by atoms with van der Waals surface area (Å²) < 4.78 is 0. The zero-order chi connectivity index (χ0) is 15.1. The molecule has 0 atom stereocenters. The van der Waals surface area contributed by atoms with Crippen molar-refractivity contribution in [3.05, 3.63) is 35.4 Å². The number of rotatable bonds is 6. The summed E-state index contributed by atoms with van der Waals surface area (Å²) in [6.45, 7) is 3.74. The molecule has 0 saturated heterocycles. The Bertz CT molecular complexity index is 433. The number of carbonyl (C=O) groups is 1. The van der Waals surface area contributed by atoms with Crippen LogP contribution in [0.2, 0.25) is 0 Å². The van der Waals surface area contributed by atoms with E-state index in [1.54, 1.807) is 0 Å². The number of carbonyl (C=O) groups excluding carboxylic acids is 1. The van der Waals surface area contributed by atoms with Crippen molar-refractivity contribution in [3.8, 4) is 0 Å². The van der Waals surface area contributed by atoms with Crippen LogP contribution in [0.25, 0.3) is 0 Å². The lowest BCUT2D eigenvalue weighted by Gasteiger charge is -2.27. The molecule has 0 aliphatic heterocycles. The predicted molar refractivity (Wildman–Crippen MR) is 87.3 cm³/mol. The van der Waals surface area contributed by atoms with Gasteiger partial charge in [0.25, 0.3) is 5.91 Å². The van der Waals surface area contributed by atoms with Gasteiger partial charge in [-0.3, -0.25) is 4.79 Å². The van der Waals surface area contributed by atoms with Gasteiger partial charge in [-0.25, -0.2) is 0 Å². The number of hydrogen-bond donors (Lipinski definition) is 2. The molecule has 1 aliphatic carbocycles. The summed E-state index contributed by atoms with van der Waals surface area (Å²) in [4.78, 5) is 12.1. The highest BCUT2D eigenvalue weighted by Crippen LogP contribution is 2.30. The van der Waals surface area contributed by atoms with Gasteiger partial charge in [0.1, 0.15) is 0 Å². The van der Waals surface area contributed by atoms with Crippen molar-refractivity contribution in [1.29, 1.82) is 0 Å². The Morgan fingerprint density at radius 3 is 2.33 bits per heavy atom. The SMILES string of the molecule is CCC1CCC(CNC(=O)c2ccc(CCN)cc2)CC1. The summed E-state index contributed by atoms with van der Waals surface area (Å²) >= 11 is 0. The van der Waals surface area contributed by atoms with Crippen LogP contribution in [-0.2, 0) is 6.42 Å². The first-order valence-electron chi connectivity index (χ1n) is 8.30. The van der Waals surface area contributed by atoms with Gasteiger partial charge in [-0.05, 0) is 55.3 Å². The second kappa shape index (κ2) is 8.18. The summed E-state index contributed by atoms with van der Waals surface area (Å²) in [5, 5.41) is 3.09. The van der Waals surface area contributed by atoms with Gasteiger partial charge in [0.05, 0.1) is 0 Å². The maximum atomic E-state index is 12.1. The largest absolute Gasteiger partial charge is 0.352 e. The molecule has 116 valence electrons. The molecule has 3 heteroatoms. The minimum Gasteiger partial charge on any atom is -0.352 e. The summed E-state index contributed by atoms with van der Waals surface area (Å²) in [5.41, 5.74) is 7.46. The molecule has 1 saturated carbocycles. The van der Waals surface area contributed by atoms with E-state index in [2.05, 4.69) is 12.2 Å². The van der Waals surface area contributed by atoms with Crippen LogP contribution in [0.3, 0.4) is 0 Å². The van der Waals surface area contributed by atoms with Gasteiger partial charge in [-0.1, -0.05) is 38.3 Å². The van der Waals surface area contributed by atoms with E-state index in [4.69, 9.17) is 5.73 Å². The van der Waals surface area contributed by atoms with E-state index in [9.17, 15) is 4.79 Å². The van der Waals surface area contributed by atoms with Crippen molar-refractivity contribution in [2.24, 2.45) is 17.6 Å². The average molecular weight is 288 g/mol. The number of amides is 1. The van der Waals surface area contributed by atoms with E-state index < -0.39 is 0 Å². The maximum absolute atomic E-state index is 12.1. The second-order valence-electron chi connectivity index (χ2n) is 6.24. The Kier molecular flexibility index (Phi) is 6.24. The molecule has 1 aliphatic rings. The molecule has 21 heavy (non-hydrogen) atoms. The van der Waals surface area contributed by atoms with Gasteiger partial charge in [0.15, 0.2) is 0 Å².